The van der Waals surface area contributed by atoms with E-state index in [9.17, 15) is 4.79 Å². The molecule has 1 aromatic heterocycles. The predicted octanol–water partition coefficient (Wildman–Crippen LogP) is 2.19. The summed E-state index contributed by atoms with van der Waals surface area (Å²) in [6, 6.07) is 0.407. The number of ether oxygens (including phenoxy) is 1. The molecule has 0 bridgehead atoms. The van der Waals surface area contributed by atoms with Crippen LogP contribution in [0, 0.1) is 5.92 Å². The van der Waals surface area contributed by atoms with Crippen LogP contribution in [0.4, 0.5) is 0 Å². The topological polar surface area (TPSA) is 68.5 Å². The van der Waals surface area contributed by atoms with Gasteiger partial charge in [0.15, 0.2) is 5.82 Å². The summed E-state index contributed by atoms with van der Waals surface area (Å²) in [6.07, 6.45) is 5.47. The van der Waals surface area contributed by atoms with Crippen LogP contribution >= 0.6 is 0 Å². The van der Waals surface area contributed by atoms with Crippen molar-refractivity contribution in [1.82, 2.24) is 15.0 Å². The number of aromatic nitrogens is 2. The van der Waals surface area contributed by atoms with E-state index in [-0.39, 0.29) is 12.5 Å². The Hall–Kier alpha value is -1.43. The van der Waals surface area contributed by atoms with Crippen LogP contribution in [0.15, 0.2) is 4.52 Å². The van der Waals surface area contributed by atoms with Crippen molar-refractivity contribution in [1.29, 1.82) is 0 Å². The summed E-state index contributed by atoms with van der Waals surface area (Å²) in [7, 11) is 1.42. The highest BCUT2D eigenvalue weighted by Crippen LogP contribution is 2.24. The normalized spacial score (nSPS) is 16.0. The molecule has 1 aliphatic carbocycles. The maximum atomic E-state index is 11.6. The largest absolute Gasteiger partial charge is 0.468 e. The molecule has 1 saturated carbocycles. The summed E-state index contributed by atoms with van der Waals surface area (Å²) in [6.45, 7) is 5.05. The molecule has 0 aliphatic heterocycles. The highest BCUT2D eigenvalue weighted by molar-refractivity contribution is 5.71. The minimum absolute atomic E-state index is 0.219. The predicted molar refractivity (Wildman–Crippen MR) is 77.5 cm³/mol. The van der Waals surface area contributed by atoms with Crippen molar-refractivity contribution in [2.45, 2.75) is 58.5 Å². The van der Waals surface area contributed by atoms with Crippen molar-refractivity contribution < 1.29 is 14.1 Å². The lowest BCUT2D eigenvalue weighted by Gasteiger charge is -2.25. The molecule has 118 valence electrons. The average Bonchev–Trinajstić information content (AvgIpc) is 3.08. The fourth-order valence-electron chi connectivity index (χ4n) is 2.79. The second-order valence-electron chi connectivity index (χ2n) is 6.12. The van der Waals surface area contributed by atoms with Gasteiger partial charge in [-0.05, 0) is 18.8 Å². The Morgan fingerprint density at radius 3 is 2.76 bits per heavy atom. The third-order valence-corrected chi connectivity index (χ3v) is 3.84. The average molecular weight is 295 g/mol. The Labute approximate surface area is 125 Å². The van der Waals surface area contributed by atoms with E-state index in [0.717, 1.165) is 25.1 Å². The fraction of sp³-hybridized carbons (Fsp3) is 0.800. The molecule has 0 saturated heterocycles. The Morgan fingerprint density at radius 1 is 1.43 bits per heavy atom. The van der Waals surface area contributed by atoms with Crippen LogP contribution in [0.5, 0.6) is 0 Å². The van der Waals surface area contributed by atoms with E-state index in [2.05, 4.69) is 28.9 Å². The summed E-state index contributed by atoms with van der Waals surface area (Å²) >= 11 is 0. The molecule has 21 heavy (non-hydrogen) atoms. The molecule has 1 aromatic rings. The molecule has 0 spiro atoms. The van der Waals surface area contributed by atoms with Gasteiger partial charge in [-0.15, -0.1) is 0 Å². The number of carbonyl (C=O) groups excluding carboxylic acids is 1. The standard InChI is InChI=1S/C15H25N3O3/c1-11(2)8-13-16-14(21-17-13)9-18(10-15(19)20-3)12-6-4-5-7-12/h11-12H,4-10H2,1-3H3. The van der Waals surface area contributed by atoms with Crippen LogP contribution in [-0.4, -0.2) is 40.7 Å². The zero-order valence-electron chi connectivity index (χ0n) is 13.2. The van der Waals surface area contributed by atoms with Crippen molar-refractivity contribution in [3.63, 3.8) is 0 Å². The molecular formula is C15H25N3O3. The minimum Gasteiger partial charge on any atom is -0.468 e. The number of hydrogen-bond donors (Lipinski definition) is 0. The van der Waals surface area contributed by atoms with Crippen molar-refractivity contribution in [3.8, 4) is 0 Å². The van der Waals surface area contributed by atoms with Gasteiger partial charge in [0.05, 0.1) is 20.2 Å². The Bertz CT molecular complexity index is 453. The van der Waals surface area contributed by atoms with Gasteiger partial charge in [0, 0.05) is 12.5 Å². The number of hydrogen-bond acceptors (Lipinski definition) is 6. The van der Waals surface area contributed by atoms with E-state index in [1.54, 1.807) is 0 Å². The van der Waals surface area contributed by atoms with Crippen molar-refractivity contribution in [2.75, 3.05) is 13.7 Å². The minimum atomic E-state index is -0.219. The summed E-state index contributed by atoms with van der Waals surface area (Å²) in [5.74, 6) is 1.60. The monoisotopic (exact) mass is 295 g/mol. The molecule has 1 heterocycles. The molecular weight excluding hydrogens is 270 g/mol. The lowest BCUT2D eigenvalue weighted by Crippen LogP contribution is -2.37. The first-order chi connectivity index (χ1) is 10.1. The number of rotatable bonds is 7. The van der Waals surface area contributed by atoms with E-state index in [0.29, 0.717) is 24.4 Å². The second-order valence-corrected chi connectivity index (χ2v) is 6.12. The van der Waals surface area contributed by atoms with Crippen molar-refractivity contribution in [3.05, 3.63) is 11.7 Å². The van der Waals surface area contributed by atoms with E-state index in [4.69, 9.17) is 9.26 Å². The summed E-state index contributed by atoms with van der Waals surface area (Å²) in [5, 5.41) is 4.01. The Morgan fingerprint density at radius 2 is 2.14 bits per heavy atom. The van der Waals surface area contributed by atoms with E-state index in [1.807, 2.05) is 0 Å². The summed E-state index contributed by atoms with van der Waals surface area (Å²) in [5.41, 5.74) is 0. The van der Waals surface area contributed by atoms with Crippen LogP contribution in [0.1, 0.15) is 51.2 Å². The highest BCUT2D eigenvalue weighted by atomic mass is 16.5. The molecule has 6 nitrogen and oxygen atoms in total. The van der Waals surface area contributed by atoms with E-state index in [1.165, 1.54) is 20.0 Å². The van der Waals surface area contributed by atoms with Crippen LogP contribution in [0.3, 0.4) is 0 Å². The molecule has 0 N–H and O–H groups in total. The fourth-order valence-corrected chi connectivity index (χ4v) is 2.79. The first-order valence-electron chi connectivity index (χ1n) is 7.70. The van der Waals surface area contributed by atoms with Crippen LogP contribution < -0.4 is 0 Å². The molecule has 0 amide bonds. The third kappa shape index (κ3) is 4.81. The van der Waals surface area contributed by atoms with Crippen LogP contribution in [0.2, 0.25) is 0 Å². The van der Waals surface area contributed by atoms with Gasteiger partial charge in [-0.1, -0.05) is 31.8 Å². The molecule has 1 fully saturated rings. The lowest BCUT2D eigenvalue weighted by molar-refractivity contribution is -0.142. The quantitative estimate of drug-likeness (QED) is 0.718. The van der Waals surface area contributed by atoms with E-state index < -0.39 is 0 Å². The van der Waals surface area contributed by atoms with Gasteiger partial charge in [0.1, 0.15) is 0 Å². The Kier molecular flexibility index (Phi) is 5.73. The first-order valence-corrected chi connectivity index (χ1v) is 7.70. The SMILES string of the molecule is COC(=O)CN(Cc1nc(CC(C)C)no1)C1CCCC1. The van der Waals surface area contributed by atoms with Gasteiger partial charge in [-0.2, -0.15) is 4.98 Å². The van der Waals surface area contributed by atoms with Gasteiger partial charge < -0.3 is 9.26 Å². The second kappa shape index (κ2) is 7.54. The van der Waals surface area contributed by atoms with Crippen molar-refractivity contribution in [2.24, 2.45) is 5.92 Å². The maximum Gasteiger partial charge on any atom is 0.319 e. The van der Waals surface area contributed by atoms with Crippen LogP contribution in [-0.2, 0) is 22.5 Å². The van der Waals surface area contributed by atoms with Gasteiger partial charge >= 0.3 is 5.97 Å². The summed E-state index contributed by atoms with van der Waals surface area (Å²) in [4.78, 5) is 18.1. The van der Waals surface area contributed by atoms with Crippen molar-refractivity contribution >= 4 is 5.97 Å². The molecule has 2 rings (SSSR count). The summed E-state index contributed by atoms with van der Waals surface area (Å²) < 4.78 is 10.1. The smallest absolute Gasteiger partial charge is 0.319 e. The molecule has 0 atom stereocenters. The molecule has 1 aliphatic rings. The molecule has 0 aromatic carbocycles. The van der Waals surface area contributed by atoms with Gasteiger partial charge in [0.2, 0.25) is 5.89 Å². The van der Waals surface area contributed by atoms with Gasteiger partial charge in [-0.25, -0.2) is 0 Å². The molecule has 0 radical (unpaired) electrons. The number of nitrogens with zero attached hydrogens (tertiary/aromatic N) is 3. The number of carbonyl (C=O) groups is 1. The Balaban J connectivity index is 1.99. The lowest BCUT2D eigenvalue weighted by atomic mass is 10.1. The zero-order chi connectivity index (χ0) is 15.2. The molecule has 0 unspecified atom stereocenters. The molecule has 6 heteroatoms. The maximum absolute atomic E-state index is 11.6. The van der Waals surface area contributed by atoms with Crippen LogP contribution in [0.25, 0.3) is 0 Å². The van der Waals surface area contributed by atoms with E-state index >= 15 is 0 Å². The first kappa shape index (κ1) is 15.9. The third-order valence-electron chi connectivity index (χ3n) is 3.84. The zero-order valence-corrected chi connectivity index (χ0v) is 13.2. The number of esters is 1. The van der Waals surface area contributed by atoms with Gasteiger partial charge in [-0.3, -0.25) is 9.69 Å². The number of methoxy groups -OCH3 is 1. The highest BCUT2D eigenvalue weighted by Gasteiger charge is 2.26. The van der Waals surface area contributed by atoms with Gasteiger partial charge in [0.25, 0.3) is 0 Å².